The zero-order valence-electron chi connectivity index (χ0n) is 16.3. The number of nitrogens with zero attached hydrogens (tertiary/aromatic N) is 3. The number of aliphatic hydroxyl groups excluding tert-OH is 1. The third-order valence-corrected chi connectivity index (χ3v) is 4.76. The molecular formula is C19H33N3O3. The molecule has 1 fully saturated rings. The van der Waals surface area contributed by atoms with Crippen LogP contribution in [-0.2, 0) is 11.3 Å². The van der Waals surface area contributed by atoms with Gasteiger partial charge in [-0.3, -0.25) is 4.68 Å². The van der Waals surface area contributed by atoms with E-state index in [0.29, 0.717) is 5.92 Å². The van der Waals surface area contributed by atoms with Gasteiger partial charge in [0.2, 0.25) is 0 Å². The lowest BCUT2D eigenvalue weighted by Crippen LogP contribution is -2.42. The van der Waals surface area contributed by atoms with Crippen molar-refractivity contribution < 1.29 is 14.6 Å². The van der Waals surface area contributed by atoms with Crippen LogP contribution in [0.15, 0.2) is 6.20 Å². The van der Waals surface area contributed by atoms with Gasteiger partial charge in [-0.05, 0) is 52.9 Å². The van der Waals surface area contributed by atoms with Crippen molar-refractivity contribution in [3.63, 3.8) is 0 Å². The average molecular weight is 351 g/mol. The van der Waals surface area contributed by atoms with Crippen molar-refractivity contribution in [2.45, 2.75) is 78.6 Å². The Kier molecular flexibility index (Phi) is 6.49. The second kappa shape index (κ2) is 8.21. The maximum Gasteiger partial charge on any atom is 0.410 e. The number of rotatable bonds is 5. The Bertz CT molecular complexity index is 569. The number of hydrogen-bond donors (Lipinski definition) is 1. The zero-order valence-corrected chi connectivity index (χ0v) is 16.3. The number of carbonyl (C=O) groups excluding carboxylic acids is 1. The van der Waals surface area contributed by atoms with Crippen LogP contribution in [0.3, 0.4) is 0 Å². The van der Waals surface area contributed by atoms with Crippen molar-refractivity contribution in [2.24, 2.45) is 5.92 Å². The molecule has 1 aromatic rings. The Hall–Kier alpha value is -1.56. The van der Waals surface area contributed by atoms with Crippen LogP contribution in [0.25, 0.3) is 0 Å². The standard InChI is InChI=1S/C19H33N3O3/c1-6-7-17(23)16-12-20-22(14(16)2)13-15-8-10-21(11-9-15)18(24)25-19(3,4)5/h12,15,17,23H,6-11,13H2,1-5H3. The first-order valence-corrected chi connectivity index (χ1v) is 9.39. The van der Waals surface area contributed by atoms with Crippen molar-refractivity contribution in [3.05, 3.63) is 17.5 Å². The molecule has 142 valence electrons. The number of carbonyl (C=O) groups is 1. The molecule has 0 bridgehead atoms. The Morgan fingerprint density at radius 3 is 2.60 bits per heavy atom. The summed E-state index contributed by atoms with van der Waals surface area (Å²) >= 11 is 0. The van der Waals surface area contributed by atoms with Crippen LogP contribution in [0.2, 0.25) is 0 Å². The molecule has 0 saturated carbocycles. The Morgan fingerprint density at radius 1 is 1.40 bits per heavy atom. The molecule has 1 aliphatic rings. The van der Waals surface area contributed by atoms with Crippen LogP contribution in [-0.4, -0.2) is 44.6 Å². The van der Waals surface area contributed by atoms with E-state index in [1.54, 1.807) is 11.1 Å². The number of hydrogen-bond acceptors (Lipinski definition) is 4. The Balaban J connectivity index is 1.87. The molecule has 0 aliphatic carbocycles. The van der Waals surface area contributed by atoms with Crippen LogP contribution < -0.4 is 0 Å². The predicted octanol–water partition coefficient (Wildman–Crippen LogP) is 3.67. The van der Waals surface area contributed by atoms with Gasteiger partial charge >= 0.3 is 6.09 Å². The molecule has 1 unspecified atom stereocenters. The predicted molar refractivity (Wildman–Crippen MR) is 97.4 cm³/mol. The van der Waals surface area contributed by atoms with Gasteiger partial charge in [-0.1, -0.05) is 13.3 Å². The highest BCUT2D eigenvalue weighted by atomic mass is 16.6. The average Bonchev–Trinajstić information content (AvgIpc) is 2.87. The van der Waals surface area contributed by atoms with Gasteiger partial charge in [0.25, 0.3) is 0 Å². The first-order valence-electron chi connectivity index (χ1n) is 9.39. The highest BCUT2D eigenvalue weighted by Crippen LogP contribution is 2.25. The van der Waals surface area contributed by atoms with E-state index in [2.05, 4.69) is 12.0 Å². The molecule has 0 spiro atoms. The summed E-state index contributed by atoms with van der Waals surface area (Å²) in [6.07, 6.45) is 4.77. The fourth-order valence-corrected chi connectivity index (χ4v) is 3.27. The van der Waals surface area contributed by atoms with Gasteiger partial charge in [-0.2, -0.15) is 5.10 Å². The summed E-state index contributed by atoms with van der Waals surface area (Å²) in [6, 6.07) is 0. The second-order valence-corrected chi connectivity index (χ2v) is 8.08. The normalized spacial score (nSPS) is 17.6. The van der Waals surface area contributed by atoms with Gasteiger partial charge in [0.05, 0.1) is 12.3 Å². The van der Waals surface area contributed by atoms with E-state index in [0.717, 1.165) is 56.6 Å². The van der Waals surface area contributed by atoms with Crippen LogP contribution in [0.1, 0.15) is 70.7 Å². The third-order valence-electron chi connectivity index (χ3n) is 4.76. The lowest BCUT2D eigenvalue weighted by molar-refractivity contribution is 0.0176. The summed E-state index contributed by atoms with van der Waals surface area (Å²) in [5, 5.41) is 14.7. The van der Waals surface area contributed by atoms with E-state index < -0.39 is 11.7 Å². The number of ether oxygens (including phenoxy) is 1. The van der Waals surface area contributed by atoms with Crippen molar-refractivity contribution in [1.29, 1.82) is 0 Å². The van der Waals surface area contributed by atoms with Crippen LogP contribution in [0.4, 0.5) is 4.79 Å². The quantitative estimate of drug-likeness (QED) is 0.879. The minimum Gasteiger partial charge on any atom is -0.444 e. The number of aromatic nitrogens is 2. The van der Waals surface area contributed by atoms with Gasteiger partial charge in [0, 0.05) is 30.9 Å². The Labute approximate surface area is 151 Å². The topological polar surface area (TPSA) is 67.6 Å². The summed E-state index contributed by atoms with van der Waals surface area (Å²) < 4.78 is 7.45. The molecule has 1 aliphatic heterocycles. The van der Waals surface area contributed by atoms with Gasteiger partial charge < -0.3 is 14.7 Å². The molecule has 1 N–H and O–H groups in total. The lowest BCUT2D eigenvalue weighted by Gasteiger charge is -2.33. The minimum absolute atomic E-state index is 0.216. The molecule has 2 rings (SSSR count). The Morgan fingerprint density at radius 2 is 2.04 bits per heavy atom. The van der Waals surface area contributed by atoms with E-state index in [4.69, 9.17) is 4.74 Å². The van der Waals surface area contributed by atoms with Gasteiger partial charge in [-0.25, -0.2) is 4.79 Å². The summed E-state index contributed by atoms with van der Waals surface area (Å²) in [6.45, 7) is 12.1. The molecule has 1 amide bonds. The molecule has 1 aromatic heterocycles. The zero-order chi connectivity index (χ0) is 18.6. The fourth-order valence-electron chi connectivity index (χ4n) is 3.27. The van der Waals surface area contributed by atoms with Gasteiger partial charge in [0.15, 0.2) is 0 Å². The first-order chi connectivity index (χ1) is 11.7. The smallest absolute Gasteiger partial charge is 0.410 e. The fraction of sp³-hybridized carbons (Fsp3) is 0.789. The molecular weight excluding hydrogens is 318 g/mol. The molecule has 6 heteroatoms. The number of aliphatic hydroxyl groups is 1. The molecule has 25 heavy (non-hydrogen) atoms. The van der Waals surface area contributed by atoms with Crippen molar-refractivity contribution >= 4 is 6.09 Å². The largest absolute Gasteiger partial charge is 0.444 e. The molecule has 0 aromatic carbocycles. The van der Waals surface area contributed by atoms with E-state index in [-0.39, 0.29) is 6.09 Å². The van der Waals surface area contributed by atoms with Crippen LogP contribution in [0, 0.1) is 12.8 Å². The second-order valence-electron chi connectivity index (χ2n) is 8.08. The van der Waals surface area contributed by atoms with E-state index in [9.17, 15) is 9.90 Å². The van der Waals surface area contributed by atoms with E-state index in [1.165, 1.54) is 0 Å². The molecule has 0 radical (unpaired) electrons. The number of piperidine rings is 1. The highest BCUT2D eigenvalue weighted by molar-refractivity contribution is 5.68. The van der Waals surface area contributed by atoms with Crippen molar-refractivity contribution in [3.8, 4) is 0 Å². The third kappa shape index (κ3) is 5.46. The first kappa shape index (κ1) is 19.8. The molecule has 6 nitrogen and oxygen atoms in total. The van der Waals surface area contributed by atoms with E-state index >= 15 is 0 Å². The van der Waals surface area contributed by atoms with E-state index in [1.807, 2.05) is 32.4 Å². The maximum absolute atomic E-state index is 12.1. The van der Waals surface area contributed by atoms with Crippen LogP contribution in [0.5, 0.6) is 0 Å². The lowest BCUT2D eigenvalue weighted by atomic mass is 9.97. The van der Waals surface area contributed by atoms with Gasteiger partial charge in [-0.15, -0.1) is 0 Å². The monoisotopic (exact) mass is 351 g/mol. The van der Waals surface area contributed by atoms with Crippen molar-refractivity contribution in [1.82, 2.24) is 14.7 Å². The summed E-state index contributed by atoms with van der Waals surface area (Å²) in [7, 11) is 0. The maximum atomic E-state index is 12.1. The molecule has 2 heterocycles. The number of likely N-dealkylation sites (tertiary alicyclic amines) is 1. The number of amides is 1. The van der Waals surface area contributed by atoms with Crippen molar-refractivity contribution in [2.75, 3.05) is 13.1 Å². The highest BCUT2D eigenvalue weighted by Gasteiger charge is 2.27. The minimum atomic E-state index is -0.449. The summed E-state index contributed by atoms with van der Waals surface area (Å²) in [5.74, 6) is 0.494. The van der Waals surface area contributed by atoms with Gasteiger partial charge in [0.1, 0.15) is 5.60 Å². The van der Waals surface area contributed by atoms with Crippen LogP contribution >= 0.6 is 0 Å². The molecule has 1 atom stereocenters. The molecule has 1 saturated heterocycles. The SMILES string of the molecule is CCCC(O)c1cnn(CC2CCN(C(=O)OC(C)(C)C)CC2)c1C. The summed E-state index contributed by atoms with van der Waals surface area (Å²) in [5.41, 5.74) is 1.54. The summed E-state index contributed by atoms with van der Waals surface area (Å²) in [4.78, 5) is 13.9.